The van der Waals surface area contributed by atoms with Gasteiger partial charge in [-0.1, -0.05) is 30.3 Å². The molecule has 0 saturated carbocycles. The molecule has 0 aliphatic carbocycles. The Hall–Kier alpha value is -2.95. The van der Waals surface area contributed by atoms with Crippen LogP contribution in [0.15, 0.2) is 48.7 Å². The van der Waals surface area contributed by atoms with Crippen LogP contribution in [0, 0.1) is 16.7 Å². The number of hydrogen-bond donors (Lipinski definition) is 1. The van der Waals surface area contributed by atoms with Crippen LogP contribution in [0.1, 0.15) is 11.1 Å². The van der Waals surface area contributed by atoms with Crippen molar-refractivity contribution in [1.29, 1.82) is 5.26 Å². The molecule has 2 aliphatic rings. The zero-order chi connectivity index (χ0) is 20.3. The van der Waals surface area contributed by atoms with Crippen molar-refractivity contribution in [3.8, 4) is 6.07 Å². The van der Waals surface area contributed by atoms with Crippen molar-refractivity contribution in [2.24, 2.45) is 5.41 Å². The molecule has 1 aromatic heterocycles. The van der Waals surface area contributed by atoms with Crippen LogP contribution in [0.5, 0.6) is 0 Å². The molecule has 0 bridgehead atoms. The van der Waals surface area contributed by atoms with Crippen molar-refractivity contribution >= 4 is 11.7 Å². The molecular weight excluding hydrogens is 368 g/mol. The summed E-state index contributed by atoms with van der Waals surface area (Å²) in [5, 5.41) is 12.5. The number of hydrogen-bond acceptors (Lipinski definition) is 6. The lowest BCUT2D eigenvalue weighted by molar-refractivity contribution is -0.134. The first-order valence-electron chi connectivity index (χ1n) is 9.71. The van der Waals surface area contributed by atoms with Gasteiger partial charge in [-0.3, -0.25) is 4.79 Å². The number of carbonyl (C=O) groups excluding carboxylic acids is 1. The zero-order valence-corrected chi connectivity index (χ0v) is 16.4. The lowest BCUT2D eigenvalue weighted by Gasteiger charge is -2.50. The predicted octanol–water partition coefficient (Wildman–Crippen LogP) is 1.53. The molecule has 4 rings (SSSR count). The molecule has 2 aliphatic heterocycles. The minimum Gasteiger partial charge on any atom is -0.377 e. The maximum Gasteiger partial charge on any atom is 0.230 e. The van der Waals surface area contributed by atoms with Gasteiger partial charge in [-0.05, 0) is 24.1 Å². The summed E-state index contributed by atoms with van der Waals surface area (Å²) in [7, 11) is 1.63. The standard InChI is InChI=1S/C22H24N4O3/c1-28-19-13-29-12-18(19)25-21(27)22(10-16-6-3-2-4-7-16)14-26(15-22)20-17(11-23)8-5-9-24-20/h2-9,18-19H,10,12-15H2,1H3,(H,25,27)/t18-,19+/m0/s1. The maximum atomic E-state index is 13.4. The molecule has 2 atom stereocenters. The molecule has 1 N–H and O–H groups in total. The van der Waals surface area contributed by atoms with E-state index in [0.717, 1.165) is 5.56 Å². The molecule has 3 heterocycles. The van der Waals surface area contributed by atoms with E-state index in [1.807, 2.05) is 35.2 Å². The Bertz CT molecular complexity index is 906. The van der Waals surface area contributed by atoms with Crippen LogP contribution in [0.4, 0.5) is 5.82 Å². The van der Waals surface area contributed by atoms with Crippen LogP contribution in [-0.2, 0) is 20.7 Å². The predicted molar refractivity (Wildman–Crippen MR) is 107 cm³/mol. The van der Waals surface area contributed by atoms with Gasteiger partial charge in [-0.25, -0.2) is 4.98 Å². The largest absolute Gasteiger partial charge is 0.377 e. The van der Waals surface area contributed by atoms with Crippen LogP contribution >= 0.6 is 0 Å². The smallest absolute Gasteiger partial charge is 0.230 e. The van der Waals surface area contributed by atoms with Crippen molar-refractivity contribution in [1.82, 2.24) is 10.3 Å². The minimum absolute atomic E-state index is 0.00964. The molecule has 2 aromatic rings. The van der Waals surface area contributed by atoms with E-state index in [2.05, 4.69) is 16.4 Å². The van der Waals surface area contributed by atoms with Crippen LogP contribution in [0.3, 0.4) is 0 Å². The summed E-state index contributed by atoms with van der Waals surface area (Å²) in [6.45, 7) is 1.95. The van der Waals surface area contributed by atoms with Crippen LogP contribution in [-0.4, -0.2) is 56.5 Å². The van der Waals surface area contributed by atoms with Gasteiger partial charge in [-0.15, -0.1) is 0 Å². The number of anilines is 1. The molecule has 1 amide bonds. The third-order valence-corrected chi connectivity index (χ3v) is 5.71. The molecule has 0 unspecified atom stereocenters. The number of nitriles is 1. The van der Waals surface area contributed by atoms with Gasteiger partial charge in [0.15, 0.2) is 0 Å². The van der Waals surface area contributed by atoms with E-state index in [1.165, 1.54) is 0 Å². The third kappa shape index (κ3) is 3.82. The highest BCUT2D eigenvalue weighted by Gasteiger charge is 2.51. The molecule has 7 heteroatoms. The number of nitrogens with zero attached hydrogens (tertiary/aromatic N) is 3. The number of rotatable bonds is 6. The summed E-state index contributed by atoms with van der Waals surface area (Å²) in [5.41, 5.74) is 1.03. The maximum absolute atomic E-state index is 13.4. The average molecular weight is 392 g/mol. The highest BCUT2D eigenvalue weighted by Crippen LogP contribution is 2.38. The lowest BCUT2D eigenvalue weighted by Crippen LogP contribution is -2.66. The van der Waals surface area contributed by atoms with Crippen molar-refractivity contribution < 1.29 is 14.3 Å². The summed E-state index contributed by atoms with van der Waals surface area (Å²) in [4.78, 5) is 19.7. The average Bonchev–Trinajstić information content (AvgIpc) is 3.18. The molecule has 0 spiro atoms. The van der Waals surface area contributed by atoms with Crippen molar-refractivity contribution in [2.45, 2.75) is 18.6 Å². The normalized spacial score (nSPS) is 22.6. The molecule has 29 heavy (non-hydrogen) atoms. The fourth-order valence-corrected chi connectivity index (χ4v) is 4.12. The third-order valence-electron chi connectivity index (χ3n) is 5.71. The van der Waals surface area contributed by atoms with Gasteiger partial charge in [0, 0.05) is 26.4 Å². The van der Waals surface area contributed by atoms with E-state index in [4.69, 9.17) is 9.47 Å². The number of carbonyl (C=O) groups is 1. The van der Waals surface area contributed by atoms with Gasteiger partial charge in [0.25, 0.3) is 0 Å². The number of pyridine rings is 1. The Balaban J connectivity index is 1.55. The van der Waals surface area contributed by atoms with Gasteiger partial charge in [0.1, 0.15) is 18.0 Å². The second-order valence-electron chi connectivity index (χ2n) is 7.68. The second kappa shape index (κ2) is 8.19. The minimum atomic E-state index is -0.591. The Morgan fingerprint density at radius 2 is 2.10 bits per heavy atom. The van der Waals surface area contributed by atoms with Crippen LogP contribution < -0.4 is 10.2 Å². The first-order valence-corrected chi connectivity index (χ1v) is 9.71. The number of nitrogens with one attached hydrogen (secondary N) is 1. The highest BCUT2D eigenvalue weighted by molar-refractivity contribution is 5.87. The fraction of sp³-hybridized carbons (Fsp3) is 0.409. The van der Waals surface area contributed by atoms with Crippen molar-refractivity contribution in [3.05, 3.63) is 59.8 Å². The topological polar surface area (TPSA) is 87.5 Å². The number of amides is 1. The second-order valence-corrected chi connectivity index (χ2v) is 7.68. The lowest BCUT2D eigenvalue weighted by atomic mass is 9.73. The van der Waals surface area contributed by atoms with Crippen molar-refractivity contribution in [2.75, 3.05) is 38.3 Å². The van der Waals surface area contributed by atoms with Gasteiger partial charge >= 0.3 is 0 Å². The first kappa shape index (κ1) is 19.4. The number of benzene rings is 1. The highest BCUT2D eigenvalue weighted by atomic mass is 16.5. The summed E-state index contributed by atoms with van der Waals surface area (Å²) in [6, 6.07) is 15.5. The number of aromatic nitrogens is 1. The molecule has 150 valence electrons. The summed E-state index contributed by atoms with van der Waals surface area (Å²) < 4.78 is 10.9. The number of ether oxygens (including phenoxy) is 2. The molecular formula is C22H24N4O3. The van der Waals surface area contributed by atoms with Gasteiger partial charge < -0.3 is 19.7 Å². The Labute approximate surface area is 170 Å². The van der Waals surface area contributed by atoms with Gasteiger partial charge in [0.2, 0.25) is 5.91 Å². The monoisotopic (exact) mass is 392 g/mol. The molecule has 0 radical (unpaired) electrons. The Kier molecular flexibility index (Phi) is 5.47. The van der Waals surface area contributed by atoms with Gasteiger partial charge in [-0.2, -0.15) is 5.26 Å². The zero-order valence-electron chi connectivity index (χ0n) is 16.4. The summed E-state index contributed by atoms with van der Waals surface area (Å²) >= 11 is 0. The Morgan fingerprint density at radius 1 is 1.31 bits per heavy atom. The van der Waals surface area contributed by atoms with Crippen LogP contribution in [0.2, 0.25) is 0 Å². The van der Waals surface area contributed by atoms with E-state index in [1.54, 1.807) is 25.4 Å². The van der Waals surface area contributed by atoms with E-state index in [0.29, 0.717) is 44.1 Å². The molecule has 7 nitrogen and oxygen atoms in total. The molecule has 1 aromatic carbocycles. The first-order chi connectivity index (χ1) is 14.1. The van der Waals surface area contributed by atoms with E-state index >= 15 is 0 Å². The van der Waals surface area contributed by atoms with E-state index < -0.39 is 5.41 Å². The Morgan fingerprint density at radius 3 is 2.83 bits per heavy atom. The fourth-order valence-electron chi connectivity index (χ4n) is 4.12. The summed E-state index contributed by atoms with van der Waals surface area (Å²) in [5.74, 6) is 0.620. The molecule has 2 saturated heterocycles. The van der Waals surface area contributed by atoms with E-state index in [-0.39, 0.29) is 18.1 Å². The van der Waals surface area contributed by atoms with Crippen LogP contribution in [0.25, 0.3) is 0 Å². The van der Waals surface area contributed by atoms with Gasteiger partial charge in [0.05, 0.1) is 30.2 Å². The molecule has 2 fully saturated rings. The quantitative estimate of drug-likeness (QED) is 0.802. The SMILES string of the molecule is CO[C@@H]1COC[C@@H]1NC(=O)C1(Cc2ccccc2)CN(c2ncccc2C#N)C1. The van der Waals surface area contributed by atoms with E-state index in [9.17, 15) is 10.1 Å². The van der Waals surface area contributed by atoms with Crippen molar-refractivity contribution in [3.63, 3.8) is 0 Å². The number of methoxy groups -OCH3 is 1. The summed E-state index contributed by atoms with van der Waals surface area (Å²) in [6.07, 6.45) is 2.16.